The normalized spacial score (nSPS) is 16.4. The number of benzene rings is 2. The molecule has 0 fully saturated rings. The largest absolute Gasteiger partial charge is 0.482 e. The van der Waals surface area contributed by atoms with Gasteiger partial charge < -0.3 is 9.47 Å². The molecule has 1 atom stereocenters. The number of ether oxygens (including phenoxy) is 2. The molecular weight excluding hydrogens is 475 g/mol. The molecule has 8 heteroatoms. The topological polar surface area (TPSA) is 38.8 Å². The van der Waals surface area contributed by atoms with Gasteiger partial charge in [0.2, 0.25) is 0 Å². The Morgan fingerprint density at radius 3 is 2.60 bits per heavy atom. The zero-order valence-electron chi connectivity index (χ0n) is 19.7. The number of hydrogen-bond acceptors (Lipinski definition) is 5. The van der Waals surface area contributed by atoms with Gasteiger partial charge in [0.25, 0.3) is 0 Å². The van der Waals surface area contributed by atoms with E-state index in [-0.39, 0.29) is 18.5 Å². The molecule has 1 aromatic heterocycles. The molecule has 1 aliphatic rings. The second-order valence-electron chi connectivity index (χ2n) is 8.68. The summed E-state index contributed by atoms with van der Waals surface area (Å²) >= 11 is 1.61. The van der Waals surface area contributed by atoms with Crippen LogP contribution in [-0.2, 0) is 28.7 Å². The zero-order valence-corrected chi connectivity index (χ0v) is 20.5. The van der Waals surface area contributed by atoms with Crippen LogP contribution in [0.5, 0.6) is 5.75 Å². The van der Waals surface area contributed by atoms with Gasteiger partial charge in [-0.15, -0.1) is 11.3 Å². The average molecular weight is 504 g/mol. The second kappa shape index (κ2) is 10.8. The van der Waals surface area contributed by atoms with E-state index in [2.05, 4.69) is 24.0 Å². The lowest BCUT2D eigenvalue weighted by Gasteiger charge is -2.22. The predicted molar refractivity (Wildman–Crippen MR) is 131 cm³/mol. The molecule has 186 valence electrons. The van der Waals surface area contributed by atoms with Crippen molar-refractivity contribution in [1.29, 1.82) is 0 Å². The van der Waals surface area contributed by atoms with Crippen molar-refractivity contribution in [2.45, 2.75) is 38.9 Å². The van der Waals surface area contributed by atoms with E-state index in [1.807, 2.05) is 18.2 Å². The summed E-state index contributed by atoms with van der Waals surface area (Å²) in [6.07, 6.45) is -3.41. The standard InChI is InChI=1S/C27H28F3NO3S/c1-3-33-26(32)17-34-22-9-6-19-12-13-31(15-18(2)24(19)14-22)16-23-10-11-25(35-23)20-4-7-21(8-5-20)27(28,29)30/h4-11,14,18H,3,12-13,15-17H2,1-2H3. The molecule has 0 saturated carbocycles. The Morgan fingerprint density at radius 2 is 1.89 bits per heavy atom. The summed E-state index contributed by atoms with van der Waals surface area (Å²) in [5.74, 6) is 0.567. The number of carbonyl (C=O) groups excluding carboxylic acids is 1. The highest BCUT2D eigenvalue weighted by Crippen LogP contribution is 2.34. The van der Waals surface area contributed by atoms with Crippen molar-refractivity contribution in [2.24, 2.45) is 0 Å². The summed E-state index contributed by atoms with van der Waals surface area (Å²) in [4.78, 5) is 16.1. The third kappa shape index (κ3) is 6.44. The van der Waals surface area contributed by atoms with Crippen LogP contribution in [0.2, 0.25) is 0 Å². The van der Waals surface area contributed by atoms with Gasteiger partial charge >= 0.3 is 12.1 Å². The highest BCUT2D eigenvalue weighted by molar-refractivity contribution is 7.15. The van der Waals surface area contributed by atoms with Crippen molar-refractivity contribution in [3.63, 3.8) is 0 Å². The van der Waals surface area contributed by atoms with Crippen molar-refractivity contribution >= 4 is 17.3 Å². The van der Waals surface area contributed by atoms with E-state index in [4.69, 9.17) is 9.47 Å². The van der Waals surface area contributed by atoms with Crippen LogP contribution in [0.4, 0.5) is 13.2 Å². The van der Waals surface area contributed by atoms with Gasteiger partial charge in [0.1, 0.15) is 5.75 Å². The van der Waals surface area contributed by atoms with E-state index >= 15 is 0 Å². The number of carbonyl (C=O) groups is 1. The van der Waals surface area contributed by atoms with E-state index in [1.165, 1.54) is 28.1 Å². The van der Waals surface area contributed by atoms with Gasteiger partial charge in [0.05, 0.1) is 12.2 Å². The first-order valence-electron chi connectivity index (χ1n) is 11.6. The van der Waals surface area contributed by atoms with Crippen LogP contribution in [0.25, 0.3) is 10.4 Å². The molecule has 0 amide bonds. The molecule has 0 saturated heterocycles. The van der Waals surface area contributed by atoms with Crippen LogP contribution in [0.3, 0.4) is 0 Å². The van der Waals surface area contributed by atoms with Crippen molar-refractivity contribution < 1.29 is 27.4 Å². The summed E-state index contributed by atoms with van der Waals surface area (Å²) in [5, 5.41) is 0. The molecule has 0 bridgehead atoms. The van der Waals surface area contributed by atoms with Crippen molar-refractivity contribution in [2.75, 3.05) is 26.3 Å². The number of halogens is 3. The molecule has 0 aliphatic carbocycles. The summed E-state index contributed by atoms with van der Waals surface area (Å²) in [5.41, 5.74) is 2.66. The van der Waals surface area contributed by atoms with Crippen molar-refractivity contribution in [3.8, 4) is 16.2 Å². The maximum absolute atomic E-state index is 12.8. The first-order valence-corrected chi connectivity index (χ1v) is 12.4. The lowest BCUT2D eigenvalue weighted by Crippen LogP contribution is -2.26. The Balaban J connectivity index is 1.39. The second-order valence-corrected chi connectivity index (χ2v) is 9.85. The van der Waals surface area contributed by atoms with Gasteiger partial charge in [0, 0.05) is 29.4 Å². The molecular formula is C27H28F3NO3S. The number of esters is 1. The molecule has 35 heavy (non-hydrogen) atoms. The van der Waals surface area contributed by atoms with Gasteiger partial charge in [0.15, 0.2) is 6.61 Å². The summed E-state index contributed by atoms with van der Waals surface area (Å²) in [6.45, 7) is 6.75. The number of alkyl halides is 3. The lowest BCUT2D eigenvalue weighted by atomic mass is 9.95. The van der Waals surface area contributed by atoms with Crippen LogP contribution in [0, 0.1) is 0 Å². The van der Waals surface area contributed by atoms with Crippen LogP contribution >= 0.6 is 11.3 Å². The minimum atomic E-state index is -4.33. The fourth-order valence-corrected chi connectivity index (χ4v) is 5.41. The monoisotopic (exact) mass is 503 g/mol. The third-order valence-corrected chi connectivity index (χ3v) is 7.20. The molecule has 3 aromatic rings. The van der Waals surface area contributed by atoms with E-state index < -0.39 is 11.7 Å². The fraction of sp³-hybridized carbons (Fsp3) is 0.370. The molecule has 2 aromatic carbocycles. The van der Waals surface area contributed by atoms with E-state index in [1.54, 1.807) is 18.3 Å². The molecule has 4 rings (SSSR count). The van der Waals surface area contributed by atoms with E-state index in [0.717, 1.165) is 48.6 Å². The average Bonchev–Trinajstić information content (AvgIpc) is 3.23. The van der Waals surface area contributed by atoms with Gasteiger partial charge in [-0.05, 0) is 72.4 Å². The molecule has 1 unspecified atom stereocenters. The van der Waals surface area contributed by atoms with Crippen LogP contribution < -0.4 is 4.74 Å². The van der Waals surface area contributed by atoms with Crippen LogP contribution in [0.1, 0.15) is 41.3 Å². The Bertz CT molecular complexity index is 1160. The SMILES string of the molecule is CCOC(=O)COc1ccc2c(c1)C(C)CN(Cc1ccc(-c3ccc(C(F)(F)F)cc3)s1)CC2. The van der Waals surface area contributed by atoms with Gasteiger partial charge in [-0.2, -0.15) is 13.2 Å². The van der Waals surface area contributed by atoms with E-state index in [0.29, 0.717) is 12.4 Å². The smallest absolute Gasteiger partial charge is 0.416 e. The number of rotatable bonds is 7. The maximum atomic E-state index is 12.8. The number of thiophene rings is 1. The molecule has 0 N–H and O–H groups in total. The highest BCUT2D eigenvalue weighted by Gasteiger charge is 2.30. The first-order chi connectivity index (χ1) is 16.7. The van der Waals surface area contributed by atoms with Crippen molar-refractivity contribution in [3.05, 3.63) is 76.2 Å². The minimum absolute atomic E-state index is 0.104. The summed E-state index contributed by atoms with van der Waals surface area (Å²) in [7, 11) is 0. The van der Waals surface area contributed by atoms with Crippen LogP contribution in [-0.4, -0.2) is 37.2 Å². The van der Waals surface area contributed by atoms with Gasteiger partial charge in [-0.25, -0.2) is 4.79 Å². The number of fused-ring (bicyclic) bond motifs is 1. The third-order valence-electron chi connectivity index (χ3n) is 6.08. The Labute approximate surface area is 207 Å². The molecule has 1 aliphatic heterocycles. The van der Waals surface area contributed by atoms with Gasteiger partial charge in [-0.3, -0.25) is 4.90 Å². The Hall–Kier alpha value is -2.84. The molecule has 0 spiro atoms. The van der Waals surface area contributed by atoms with E-state index in [9.17, 15) is 18.0 Å². The molecule has 2 heterocycles. The summed E-state index contributed by atoms with van der Waals surface area (Å²) < 4.78 is 49.1. The Morgan fingerprint density at radius 1 is 1.11 bits per heavy atom. The quantitative estimate of drug-likeness (QED) is 0.343. The zero-order chi connectivity index (χ0) is 25.0. The van der Waals surface area contributed by atoms with Crippen molar-refractivity contribution in [1.82, 2.24) is 4.90 Å². The number of hydrogen-bond donors (Lipinski definition) is 0. The fourth-order valence-electron chi connectivity index (χ4n) is 4.36. The highest BCUT2D eigenvalue weighted by atomic mass is 32.1. The maximum Gasteiger partial charge on any atom is 0.416 e. The van der Waals surface area contributed by atoms with Gasteiger partial charge in [-0.1, -0.05) is 25.1 Å². The minimum Gasteiger partial charge on any atom is -0.482 e. The first kappa shape index (κ1) is 25.3. The Kier molecular flexibility index (Phi) is 7.82. The van der Waals surface area contributed by atoms with Crippen LogP contribution in [0.15, 0.2) is 54.6 Å². The molecule has 4 nitrogen and oxygen atoms in total. The predicted octanol–water partition coefficient (Wildman–Crippen LogP) is 6.54. The summed E-state index contributed by atoms with van der Waals surface area (Å²) in [6, 6.07) is 15.4. The molecule has 0 radical (unpaired) electrons. The lowest BCUT2D eigenvalue weighted by molar-refractivity contribution is -0.145. The number of nitrogens with zero attached hydrogens (tertiary/aromatic N) is 1.